The van der Waals surface area contributed by atoms with Crippen LogP contribution in [-0.4, -0.2) is 86.4 Å². The van der Waals surface area contributed by atoms with Crippen LogP contribution in [0.25, 0.3) is 0 Å². The molecule has 0 saturated carbocycles. The van der Waals surface area contributed by atoms with Gasteiger partial charge in [0, 0.05) is 5.34 Å². The van der Waals surface area contributed by atoms with Crippen LogP contribution in [0.15, 0.2) is 0 Å². The number of Topliss-reactive ketones (excluding diaryl/α,β-unsaturated/α-hetero) is 1. The second-order valence-corrected chi connectivity index (χ2v) is 7.61. The van der Waals surface area contributed by atoms with E-state index in [-0.39, 0.29) is 21.0 Å². The average Bonchev–Trinajstić information content (AvgIpc) is 2.34. The second-order valence-electron chi connectivity index (χ2n) is 5.75. The van der Waals surface area contributed by atoms with Gasteiger partial charge in [0.05, 0.1) is 53.7 Å². The van der Waals surface area contributed by atoms with Gasteiger partial charge in [0.2, 0.25) is 0 Å². The Morgan fingerprint density at radius 2 is 1.77 bits per heavy atom. The van der Waals surface area contributed by atoms with Crippen molar-refractivity contribution in [2.45, 2.75) is 42.3 Å². The van der Waals surface area contributed by atoms with E-state index in [2.05, 4.69) is 0 Å². The van der Waals surface area contributed by atoms with Crippen LogP contribution in [0.3, 0.4) is 0 Å². The molecule has 1 aliphatic rings. The van der Waals surface area contributed by atoms with Crippen molar-refractivity contribution in [2.24, 2.45) is 5.92 Å². The molecular formula is C11H14B6NO3P. The summed E-state index contributed by atoms with van der Waals surface area (Å²) in [6.07, 6.45) is 0. The van der Waals surface area contributed by atoms with E-state index in [4.69, 9.17) is 51.8 Å². The lowest BCUT2D eigenvalue weighted by Crippen LogP contribution is -2.76. The highest BCUT2D eigenvalue weighted by atomic mass is 31.1. The minimum atomic E-state index is -2.10. The predicted molar refractivity (Wildman–Crippen MR) is 93.1 cm³/mol. The van der Waals surface area contributed by atoms with Crippen LogP contribution in [0.5, 0.6) is 0 Å². The van der Waals surface area contributed by atoms with Gasteiger partial charge in [0.1, 0.15) is 11.7 Å². The molecule has 1 heterocycles. The molecule has 4 nitrogen and oxygen atoms in total. The number of esters is 1. The first kappa shape index (κ1) is 20.0. The third kappa shape index (κ3) is 3.11. The fraction of sp³-hybridized carbons (Fsp3) is 0.818. The largest absolute Gasteiger partial charge is 0.465 e. The number of nitrogens with zero attached hydrogens (tertiary/aromatic N) is 1. The molecule has 0 bridgehead atoms. The lowest BCUT2D eigenvalue weighted by Gasteiger charge is -2.64. The van der Waals surface area contributed by atoms with E-state index in [1.807, 2.05) is 13.8 Å². The van der Waals surface area contributed by atoms with Crippen LogP contribution < -0.4 is 0 Å². The van der Waals surface area contributed by atoms with Gasteiger partial charge < -0.3 is 9.41 Å². The van der Waals surface area contributed by atoms with Crippen molar-refractivity contribution < 1.29 is 14.3 Å². The summed E-state index contributed by atoms with van der Waals surface area (Å²) in [5.41, 5.74) is 0.0423. The van der Waals surface area contributed by atoms with Gasteiger partial charge in [0.15, 0.2) is 0 Å². The molecule has 2 unspecified atom stereocenters. The van der Waals surface area contributed by atoms with Gasteiger partial charge in [-0.1, -0.05) is 33.1 Å². The highest BCUT2D eigenvalue weighted by molar-refractivity contribution is 7.36. The monoisotopic (exact) mass is 305 g/mol. The van der Waals surface area contributed by atoms with Crippen LogP contribution in [0.1, 0.15) is 20.8 Å². The van der Waals surface area contributed by atoms with Gasteiger partial charge in [-0.05, 0) is 12.6 Å². The van der Waals surface area contributed by atoms with E-state index >= 15 is 0 Å². The molecule has 1 aliphatic heterocycles. The number of ether oxygens (including phenoxy) is 1. The molecule has 22 heavy (non-hydrogen) atoms. The number of carbonyl (C=O) groups excluding carboxylic acids is 2. The molecule has 0 spiro atoms. The lowest BCUT2D eigenvalue weighted by atomic mass is 9.26. The van der Waals surface area contributed by atoms with Gasteiger partial charge in [-0.3, -0.25) is 9.59 Å². The first-order valence-electron chi connectivity index (χ1n) is 6.82. The van der Waals surface area contributed by atoms with Crippen molar-refractivity contribution in [3.63, 3.8) is 0 Å². The van der Waals surface area contributed by atoms with Crippen molar-refractivity contribution in [3.8, 4) is 0 Å². The molecule has 0 aromatic rings. The molecule has 2 atom stereocenters. The van der Waals surface area contributed by atoms with Crippen LogP contribution >= 0.6 is 8.73 Å². The van der Waals surface area contributed by atoms with E-state index < -0.39 is 33.6 Å². The van der Waals surface area contributed by atoms with Gasteiger partial charge >= 0.3 is 5.97 Å². The summed E-state index contributed by atoms with van der Waals surface area (Å²) in [5.74, 6) is -3.49. The number of hydrogen-bond acceptors (Lipinski definition) is 4. The van der Waals surface area contributed by atoms with Crippen LogP contribution in [-0.2, 0) is 14.3 Å². The molecule has 12 radical (unpaired) electrons. The summed E-state index contributed by atoms with van der Waals surface area (Å²) in [4.78, 5) is 24.7. The van der Waals surface area contributed by atoms with E-state index in [9.17, 15) is 9.59 Å². The molecule has 0 amide bonds. The quantitative estimate of drug-likeness (QED) is 0.274. The van der Waals surface area contributed by atoms with Gasteiger partial charge in [0.25, 0.3) is 0 Å². The Balaban J connectivity index is 3.41. The molecule has 0 aromatic carbocycles. The standard InChI is InChI=1S/C11H14B6NO3P/c1-4-21-8(20)6-7(19)10(14,15)18(22-5(2)3)11(16,17)9(6,12)13/h5-6,22H,4H2,1-3H3. The summed E-state index contributed by atoms with van der Waals surface area (Å²) in [7, 11) is 35.7. The number of ketones is 1. The zero-order valence-electron chi connectivity index (χ0n) is 13.0. The van der Waals surface area contributed by atoms with E-state index in [0.717, 1.165) is 4.67 Å². The molecular weight excluding hydrogens is 290 g/mol. The molecule has 0 N–H and O–H groups in total. The van der Waals surface area contributed by atoms with Gasteiger partial charge in [-0.15, -0.1) is 0 Å². The van der Waals surface area contributed by atoms with Crippen molar-refractivity contribution in [3.05, 3.63) is 0 Å². The zero-order valence-corrected chi connectivity index (χ0v) is 14.0. The summed E-state index contributed by atoms with van der Waals surface area (Å²) in [5, 5.41) is -6.16. The minimum Gasteiger partial charge on any atom is -0.465 e. The Morgan fingerprint density at radius 3 is 2.18 bits per heavy atom. The molecule has 1 rings (SSSR count). The van der Waals surface area contributed by atoms with Crippen LogP contribution in [0, 0.1) is 5.92 Å². The Labute approximate surface area is 141 Å². The second kappa shape index (κ2) is 6.43. The van der Waals surface area contributed by atoms with Crippen LogP contribution in [0.2, 0.25) is 5.21 Å². The Morgan fingerprint density at radius 1 is 1.27 bits per heavy atom. The molecule has 104 valence electrons. The highest BCUT2D eigenvalue weighted by Crippen LogP contribution is 2.53. The van der Waals surface area contributed by atoms with E-state index in [1.165, 1.54) is 0 Å². The van der Waals surface area contributed by atoms with Crippen LogP contribution in [0.4, 0.5) is 0 Å². The molecule has 11 heteroatoms. The molecule has 0 aliphatic carbocycles. The molecule has 0 aromatic heterocycles. The number of piperidine rings is 1. The van der Waals surface area contributed by atoms with Gasteiger partial charge in [-0.25, -0.2) is 0 Å². The average molecular weight is 304 g/mol. The van der Waals surface area contributed by atoms with Crippen molar-refractivity contribution in [1.29, 1.82) is 0 Å². The Kier molecular flexibility index (Phi) is 5.84. The number of carbonyl (C=O) groups is 2. The zero-order chi connectivity index (χ0) is 17.5. The topological polar surface area (TPSA) is 46.6 Å². The number of rotatable bonds is 4. The van der Waals surface area contributed by atoms with Crippen molar-refractivity contribution >= 4 is 67.6 Å². The normalized spacial score (nSPS) is 27.3. The predicted octanol–water partition coefficient (Wildman–Crippen LogP) is -1.51. The smallest absolute Gasteiger partial charge is 0.315 e. The maximum atomic E-state index is 12.6. The Bertz CT molecular complexity index is 471. The fourth-order valence-corrected chi connectivity index (χ4v) is 3.54. The lowest BCUT2D eigenvalue weighted by molar-refractivity contribution is -0.155. The van der Waals surface area contributed by atoms with E-state index in [0.29, 0.717) is 0 Å². The van der Waals surface area contributed by atoms with Crippen molar-refractivity contribution in [2.75, 3.05) is 6.61 Å². The van der Waals surface area contributed by atoms with E-state index in [1.54, 1.807) is 6.92 Å². The Hall–Kier alpha value is -0.0804. The number of hydrogen-bond donors (Lipinski definition) is 0. The summed E-state index contributed by atoms with van der Waals surface area (Å²) in [6, 6.07) is 0. The van der Waals surface area contributed by atoms with Crippen molar-refractivity contribution in [1.82, 2.24) is 4.67 Å². The fourth-order valence-electron chi connectivity index (χ4n) is 2.29. The minimum absolute atomic E-state index is 0.0282. The first-order valence-corrected chi connectivity index (χ1v) is 7.84. The molecule has 1 fully saturated rings. The SMILES string of the molecule is [B]C1([B])C(=O)C(C(=O)OCC)C([B])([B])C([B])([B])N1PC(C)C. The summed E-state index contributed by atoms with van der Waals surface area (Å²) < 4.78 is 5.99. The molecule has 1 saturated heterocycles. The third-order valence-electron chi connectivity index (χ3n) is 3.48. The summed E-state index contributed by atoms with van der Waals surface area (Å²) in [6.45, 7) is 5.32. The maximum absolute atomic E-state index is 12.6. The maximum Gasteiger partial charge on any atom is 0.315 e. The summed E-state index contributed by atoms with van der Waals surface area (Å²) >= 11 is 0. The third-order valence-corrected chi connectivity index (χ3v) is 4.99. The highest BCUT2D eigenvalue weighted by Gasteiger charge is 2.60. The first-order chi connectivity index (χ1) is 9.81. The van der Waals surface area contributed by atoms with Gasteiger partial charge in [-0.2, -0.15) is 0 Å².